The lowest BCUT2D eigenvalue weighted by atomic mass is 10.1. The highest BCUT2D eigenvalue weighted by Crippen LogP contribution is 2.11. The SMILES string of the molecule is CCc1cccc(NBr)c1. The van der Waals surface area contributed by atoms with Crippen molar-refractivity contribution in [1.82, 2.24) is 0 Å². The Labute approximate surface area is 69.8 Å². The summed E-state index contributed by atoms with van der Waals surface area (Å²) >= 11 is 3.17. The molecule has 1 rings (SSSR count). The van der Waals surface area contributed by atoms with E-state index in [1.807, 2.05) is 12.1 Å². The molecule has 1 aromatic carbocycles. The molecule has 0 saturated heterocycles. The molecule has 0 saturated carbocycles. The van der Waals surface area contributed by atoms with Crippen molar-refractivity contribution >= 4 is 21.8 Å². The third kappa shape index (κ3) is 1.74. The molecule has 0 aromatic heterocycles. The molecule has 0 unspecified atom stereocenters. The predicted octanol–water partition coefficient (Wildman–Crippen LogP) is 2.97. The van der Waals surface area contributed by atoms with Crippen molar-refractivity contribution in [3.05, 3.63) is 29.8 Å². The van der Waals surface area contributed by atoms with Crippen LogP contribution in [0.2, 0.25) is 0 Å². The minimum absolute atomic E-state index is 1.09. The van der Waals surface area contributed by atoms with Gasteiger partial charge in [-0.15, -0.1) is 0 Å². The van der Waals surface area contributed by atoms with Crippen molar-refractivity contribution in [1.29, 1.82) is 0 Å². The molecule has 1 N–H and O–H groups in total. The number of hydrogen-bond acceptors (Lipinski definition) is 1. The first kappa shape index (κ1) is 7.61. The quantitative estimate of drug-likeness (QED) is 0.723. The number of rotatable bonds is 2. The second kappa shape index (κ2) is 3.62. The fourth-order valence-electron chi connectivity index (χ4n) is 0.850. The van der Waals surface area contributed by atoms with E-state index in [1.165, 1.54) is 5.56 Å². The lowest BCUT2D eigenvalue weighted by Crippen LogP contribution is -1.82. The Hall–Kier alpha value is -0.500. The minimum atomic E-state index is 1.09. The fraction of sp³-hybridized carbons (Fsp3) is 0.250. The molecule has 2 heteroatoms. The maximum atomic E-state index is 3.17. The second-order valence-electron chi connectivity index (χ2n) is 2.15. The first-order chi connectivity index (χ1) is 4.86. The summed E-state index contributed by atoms with van der Waals surface area (Å²) in [5.74, 6) is 0. The molecule has 10 heavy (non-hydrogen) atoms. The third-order valence-electron chi connectivity index (χ3n) is 1.44. The van der Waals surface area contributed by atoms with Crippen LogP contribution in [0.5, 0.6) is 0 Å². The zero-order chi connectivity index (χ0) is 7.40. The summed E-state index contributed by atoms with van der Waals surface area (Å²) in [7, 11) is 0. The lowest BCUT2D eigenvalue weighted by Gasteiger charge is -1.99. The molecule has 0 amide bonds. The minimum Gasteiger partial charge on any atom is -0.322 e. The fourth-order valence-corrected chi connectivity index (χ4v) is 1.10. The van der Waals surface area contributed by atoms with Gasteiger partial charge in [0, 0.05) is 21.8 Å². The number of benzene rings is 1. The van der Waals surface area contributed by atoms with Crippen LogP contribution in [0, 0.1) is 0 Å². The number of hydrogen-bond donors (Lipinski definition) is 1. The lowest BCUT2D eigenvalue weighted by molar-refractivity contribution is 1.14. The van der Waals surface area contributed by atoms with Gasteiger partial charge in [0.1, 0.15) is 0 Å². The van der Waals surface area contributed by atoms with Gasteiger partial charge in [0.15, 0.2) is 0 Å². The van der Waals surface area contributed by atoms with Gasteiger partial charge in [0.2, 0.25) is 0 Å². The molecule has 0 aliphatic carbocycles. The van der Waals surface area contributed by atoms with Gasteiger partial charge in [0.05, 0.1) is 0 Å². The standard InChI is InChI=1S/C8H10BrN/c1-2-7-4-3-5-8(6-7)10-9/h3-6,10H,2H2,1H3. The molecule has 1 aromatic rings. The van der Waals surface area contributed by atoms with Crippen LogP contribution in [0.1, 0.15) is 12.5 Å². The summed E-state index contributed by atoms with van der Waals surface area (Å²) in [5.41, 5.74) is 2.46. The summed E-state index contributed by atoms with van der Waals surface area (Å²) in [6, 6.07) is 8.30. The highest BCUT2D eigenvalue weighted by Gasteiger charge is 1.89. The van der Waals surface area contributed by atoms with Crippen LogP contribution in [-0.2, 0) is 6.42 Å². The van der Waals surface area contributed by atoms with Crippen molar-refractivity contribution in [2.75, 3.05) is 4.34 Å². The number of aryl methyl sites for hydroxylation is 1. The van der Waals surface area contributed by atoms with Gasteiger partial charge < -0.3 is 4.34 Å². The zero-order valence-electron chi connectivity index (χ0n) is 5.89. The van der Waals surface area contributed by atoms with Crippen molar-refractivity contribution in [3.8, 4) is 0 Å². The Morgan fingerprint density at radius 1 is 1.50 bits per heavy atom. The average molecular weight is 200 g/mol. The van der Waals surface area contributed by atoms with E-state index in [0.29, 0.717) is 0 Å². The molecule has 0 radical (unpaired) electrons. The van der Waals surface area contributed by atoms with Gasteiger partial charge in [-0.3, -0.25) is 0 Å². The van der Waals surface area contributed by atoms with E-state index in [-0.39, 0.29) is 0 Å². The monoisotopic (exact) mass is 199 g/mol. The molecule has 0 aliphatic rings. The van der Waals surface area contributed by atoms with Crippen LogP contribution in [0.15, 0.2) is 24.3 Å². The van der Waals surface area contributed by atoms with E-state index in [9.17, 15) is 0 Å². The molecular weight excluding hydrogens is 190 g/mol. The molecule has 0 fully saturated rings. The van der Waals surface area contributed by atoms with Crippen LogP contribution in [0.4, 0.5) is 5.69 Å². The summed E-state index contributed by atoms with van der Waals surface area (Å²) in [6.07, 6.45) is 1.09. The molecular formula is C8H10BrN. The van der Waals surface area contributed by atoms with Gasteiger partial charge in [-0.25, -0.2) is 0 Å². The summed E-state index contributed by atoms with van der Waals surface area (Å²) in [4.78, 5) is 0. The smallest absolute Gasteiger partial charge is 0.0465 e. The molecule has 54 valence electrons. The van der Waals surface area contributed by atoms with E-state index in [1.54, 1.807) is 0 Å². The van der Waals surface area contributed by atoms with E-state index in [2.05, 4.69) is 39.5 Å². The molecule has 1 nitrogen and oxygen atoms in total. The molecule has 0 atom stereocenters. The normalized spacial score (nSPS) is 9.40. The van der Waals surface area contributed by atoms with Crippen LogP contribution < -0.4 is 4.34 Å². The first-order valence-electron chi connectivity index (χ1n) is 3.32. The molecule has 0 heterocycles. The Morgan fingerprint density at radius 3 is 2.90 bits per heavy atom. The highest BCUT2D eigenvalue weighted by molar-refractivity contribution is 9.10. The first-order valence-corrected chi connectivity index (χ1v) is 4.11. The van der Waals surface area contributed by atoms with Gasteiger partial charge in [-0.2, -0.15) is 0 Å². The largest absolute Gasteiger partial charge is 0.322 e. The maximum absolute atomic E-state index is 3.17. The maximum Gasteiger partial charge on any atom is 0.0465 e. The Morgan fingerprint density at radius 2 is 2.30 bits per heavy atom. The van der Waals surface area contributed by atoms with Crippen LogP contribution in [0.25, 0.3) is 0 Å². The van der Waals surface area contributed by atoms with E-state index in [0.717, 1.165) is 12.1 Å². The van der Waals surface area contributed by atoms with Gasteiger partial charge in [-0.05, 0) is 24.1 Å². The average Bonchev–Trinajstić information content (AvgIpc) is 2.05. The number of halogens is 1. The zero-order valence-corrected chi connectivity index (χ0v) is 7.48. The van der Waals surface area contributed by atoms with Crippen LogP contribution >= 0.6 is 16.1 Å². The Balaban J connectivity index is 2.87. The van der Waals surface area contributed by atoms with Gasteiger partial charge in [-0.1, -0.05) is 19.1 Å². The molecule has 0 aliphatic heterocycles. The van der Waals surface area contributed by atoms with Crippen LogP contribution in [-0.4, -0.2) is 0 Å². The topological polar surface area (TPSA) is 12.0 Å². The van der Waals surface area contributed by atoms with Crippen molar-refractivity contribution < 1.29 is 0 Å². The summed E-state index contributed by atoms with van der Waals surface area (Å²) in [5, 5.41) is 0. The highest BCUT2D eigenvalue weighted by atomic mass is 79.9. The number of anilines is 1. The van der Waals surface area contributed by atoms with Gasteiger partial charge in [0.25, 0.3) is 0 Å². The van der Waals surface area contributed by atoms with E-state index in [4.69, 9.17) is 0 Å². The number of nitrogens with one attached hydrogen (secondary N) is 1. The summed E-state index contributed by atoms with van der Waals surface area (Å²) in [6.45, 7) is 2.15. The van der Waals surface area contributed by atoms with Crippen LogP contribution in [0.3, 0.4) is 0 Å². The molecule has 0 bridgehead atoms. The second-order valence-corrected chi connectivity index (χ2v) is 2.54. The molecule has 0 spiro atoms. The van der Waals surface area contributed by atoms with E-state index < -0.39 is 0 Å². The Bertz CT molecular complexity index is 191. The van der Waals surface area contributed by atoms with Gasteiger partial charge >= 0.3 is 0 Å². The van der Waals surface area contributed by atoms with Crippen molar-refractivity contribution in [2.45, 2.75) is 13.3 Å². The van der Waals surface area contributed by atoms with Crippen molar-refractivity contribution in [2.24, 2.45) is 0 Å². The Kier molecular flexibility index (Phi) is 2.75. The predicted molar refractivity (Wildman–Crippen MR) is 48.4 cm³/mol. The van der Waals surface area contributed by atoms with E-state index >= 15 is 0 Å². The summed E-state index contributed by atoms with van der Waals surface area (Å²) < 4.78 is 2.91. The third-order valence-corrected chi connectivity index (χ3v) is 1.90. The van der Waals surface area contributed by atoms with Crippen molar-refractivity contribution in [3.63, 3.8) is 0 Å².